The quantitative estimate of drug-likeness (QED) is 0.784. The number of benzene rings is 1. The van der Waals surface area contributed by atoms with Crippen molar-refractivity contribution in [1.29, 1.82) is 0 Å². The summed E-state index contributed by atoms with van der Waals surface area (Å²) in [5, 5.41) is 3.42. The Labute approximate surface area is 91.7 Å². The zero-order valence-electron chi connectivity index (χ0n) is 9.76. The van der Waals surface area contributed by atoms with Gasteiger partial charge in [0.15, 0.2) is 0 Å². The van der Waals surface area contributed by atoms with Gasteiger partial charge in [0.1, 0.15) is 5.82 Å². The van der Waals surface area contributed by atoms with E-state index in [4.69, 9.17) is 0 Å². The van der Waals surface area contributed by atoms with E-state index in [9.17, 15) is 4.39 Å². The topological polar surface area (TPSA) is 12.0 Å². The van der Waals surface area contributed by atoms with Gasteiger partial charge in [-0.05, 0) is 43.5 Å². The van der Waals surface area contributed by atoms with Gasteiger partial charge in [-0.1, -0.05) is 26.0 Å². The number of rotatable bonds is 5. The fraction of sp³-hybridized carbons (Fsp3) is 0.538. The lowest BCUT2D eigenvalue weighted by Crippen LogP contribution is -2.31. The van der Waals surface area contributed by atoms with E-state index in [0.29, 0.717) is 12.0 Å². The maximum atomic E-state index is 12.8. The van der Waals surface area contributed by atoms with Crippen LogP contribution in [-0.2, 0) is 0 Å². The van der Waals surface area contributed by atoms with E-state index in [2.05, 4.69) is 26.1 Å². The maximum Gasteiger partial charge on any atom is 0.123 e. The summed E-state index contributed by atoms with van der Waals surface area (Å²) >= 11 is 0. The highest BCUT2D eigenvalue weighted by Gasteiger charge is 2.16. The van der Waals surface area contributed by atoms with Crippen molar-refractivity contribution >= 4 is 0 Å². The normalized spacial score (nSPS) is 14.9. The Hall–Kier alpha value is -0.890. The Bertz CT molecular complexity index is 281. The van der Waals surface area contributed by atoms with Gasteiger partial charge in [-0.3, -0.25) is 0 Å². The molecule has 15 heavy (non-hydrogen) atoms. The van der Waals surface area contributed by atoms with Crippen LogP contribution >= 0.6 is 0 Å². The van der Waals surface area contributed by atoms with Crippen LogP contribution in [0.15, 0.2) is 24.3 Å². The minimum Gasteiger partial charge on any atom is -0.314 e. The molecule has 0 radical (unpaired) electrons. The lowest BCUT2D eigenvalue weighted by Gasteiger charge is -2.23. The Morgan fingerprint density at radius 2 is 1.80 bits per heavy atom. The highest BCUT2D eigenvalue weighted by molar-refractivity contribution is 5.21. The Balaban J connectivity index is 2.77. The third-order valence-electron chi connectivity index (χ3n) is 2.87. The van der Waals surface area contributed by atoms with E-state index in [1.54, 1.807) is 0 Å². The largest absolute Gasteiger partial charge is 0.314 e. The van der Waals surface area contributed by atoms with Crippen LogP contribution in [0.3, 0.4) is 0 Å². The summed E-state index contributed by atoms with van der Waals surface area (Å²) in [5.41, 5.74) is 1.22. The average molecular weight is 209 g/mol. The number of hydrogen-bond acceptors (Lipinski definition) is 1. The van der Waals surface area contributed by atoms with E-state index in [0.717, 1.165) is 13.0 Å². The lowest BCUT2D eigenvalue weighted by atomic mass is 9.90. The Kier molecular flexibility index (Phi) is 4.76. The van der Waals surface area contributed by atoms with Crippen molar-refractivity contribution in [3.63, 3.8) is 0 Å². The number of hydrogen-bond donors (Lipinski definition) is 1. The molecular weight excluding hydrogens is 189 g/mol. The molecule has 0 saturated heterocycles. The van der Waals surface area contributed by atoms with Crippen LogP contribution in [0.1, 0.15) is 38.7 Å². The van der Waals surface area contributed by atoms with Crippen molar-refractivity contribution in [3.8, 4) is 0 Å². The molecule has 2 heteroatoms. The molecule has 2 unspecified atom stereocenters. The minimum absolute atomic E-state index is 0.162. The van der Waals surface area contributed by atoms with Crippen molar-refractivity contribution in [2.24, 2.45) is 0 Å². The van der Waals surface area contributed by atoms with Gasteiger partial charge in [0, 0.05) is 6.04 Å². The molecule has 0 aliphatic heterocycles. The molecule has 2 atom stereocenters. The molecule has 1 N–H and O–H groups in total. The van der Waals surface area contributed by atoms with Crippen LogP contribution in [0.5, 0.6) is 0 Å². The standard InChI is InChI=1S/C13H20FN/c1-4-13(10(3)15-5-2)11-6-8-12(14)9-7-11/h6-10,13,15H,4-5H2,1-3H3. The van der Waals surface area contributed by atoms with Gasteiger partial charge >= 0.3 is 0 Å². The molecule has 84 valence electrons. The second kappa shape index (κ2) is 5.86. The average Bonchev–Trinajstić information content (AvgIpc) is 2.22. The molecule has 1 nitrogen and oxygen atoms in total. The number of likely N-dealkylation sites (N-methyl/N-ethyl adjacent to an activating group) is 1. The first-order valence-electron chi connectivity index (χ1n) is 5.67. The van der Waals surface area contributed by atoms with E-state index in [1.165, 1.54) is 17.7 Å². The van der Waals surface area contributed by atoms with Gasteiger partial charge in [-0.2, -0.15) is 0 Å². The van der Waals surface area contributed by atoms with Crippen LogP contribution in [0.25, 0.3) is 0 Å². The molecule has 1 rings (SSSR count). The molecule has 0 saturated carbocycles. The summed E-state index contributed by atoms with van der Waals surface area (Å²) in [4.78, 5) is 0. The smallest absolute Gasteiger partial charge is 0.123 e. The SMILES string of the molecule is CCNC(C)C(CC)c1ccc(F)cc1. The zero-order chi connectivity index (χ0) is 11.3. The van der Waals surface area contributed by atoms with Crippen LogP contribution in [0, 0.1) is 5.82 Å². The Morgan fingerprint density at radius 1 is 1.20 bits per heavy atom. The molecular formula is C13H20FN. The van der Waals surface area contributed by atoms with E-state index >= 15 is 0 Å². The number of nitrogens with one attached hydrogen (secondary N) is 1. The summed E-state index contributed by atoms with van der Waals surface area (Å²) in [6, 6.07) is 7.28. The van der Waals surface area contributed by atoms with Crippen molar-refractivity contribution in [1.82, 2.24) is 5.32 Å². The molecule has 0 aromatic heterocycles. The predicted octanol–water partition coefficient (Wildman–Crippen LogP) is 3.32. The van der Waals surface area contributed by atoms with Gasteiger partial charge in [-0.25, -0.2) is 4.39 Å². The van der Waals surface area contributed by atoms with E-state index < -0.39 is 0 Å². The van der Waals surface area contributed by atoms with Crippen LogP contribution in [-0.4, -0.2) is 12.6 Å². The summed E-state index contributed by atoms with van der Waals surface area (Å²) in [6.07, 6.45) is 1.07. The first-order valence-corrected chi connectivity index (χ1v) is 5.67. The van der Waals surface area contributed by atoms with Crippen molar-refractivity contribution in [2.45, 2.75) is 39.2 Å². The molecule has 1 aromatic rings. The van der Waals surface area contributed by atoms with Crippen LogP contribution in [0.2, 0.25) is 0 Å². The van der Waals surface area contributed by atoms with Crippen LogP contribution < -0.4 is 5.32 Å². The first kappa shape index (κ1) is 12.2. The first-order chi connectivity index (χ1) is 7.19. The van der Waals surface area contributed by atoms with Crippen molar-refractivity contribution in [3.05, 3.63) is 35.6 Å². The van der Waals surface area contributed by atoms with E-state index in [1.807, 2.05) is 12.1 Å². The molecule has 0 heterocycles. The second-order valence-electron chi connectivity index (χ2n) is 3.91. The molecule has 1 aromatic carbocycles. The maximum absolute atomic E-state index is 12.8. The molecule has 0 bridgehead atoms. The monoisotopic (exact) mass is 209 g/mol. The fourth-order valence-corrected chi connectivity index (χ4v) is 2.05. The Morgan fingerprint density at radius 3 is 2.27 bits per heavy atom. The molecule has 0 aliphatic carbocycles. The highest BCUT2D eigenvalue weighted by atomic mass is 19.1. The van der Waals surface area contributed by atoms with Gasteiger partial charge in [-0.15, -0.1) is 0 Å². The second-order valence-corrected chi connectivity index (χ2v) is 3.91. The van der Waals surface area contributed by atoms with E-state index in [-0.39, 0.29) is 5.82 Å². The zero-order valence-corrected chi connectivity index (χ0v) is 9.76. The highest BCUT2D eigenvalue weighted by Crippen LogP contribution is 2.23. The van der Waals surface area contributed by atoms with Crippen molar-refractivity contribution < 1.29 is 4.39 Å². The summed E-state index contributed by atoms with van der Waals surface area (Å²) in [5.74, 6) is 0.301. The van der Waals surface area contributed by atoms with Crippen molar-refractivity contribution in [2.75, 3.05) is 6.54 Å². The molecule has 0 amide bonds. The van der Waals surface area contributed by atoms with Gasteiger partial charge < -0.3 is 5.32 Å². The third-order valence-corrected chi connectivity index (χ3v) is 2.87. The third kappa shape index (κ3) is 3.31. The van der Waals surface area contributed by atoms with Gasteiger partial charge in [0.2, 0.25) is 0 Å². The predicted molar refractivity (Wildman–Crippen MR) is 62.6 cm³/mol. The molecule has 0 fully saturated rings. The molecule has 0 aliphatic rings. The molecule has 0 spiro atoms. The fourth-order valence-electron chi connectivity index (χ4n) is 2.05. The minimum atomic E-state index is -0.162. The lowest BCUT2D eigenvalue weighted by molar-refractivity contribution is 0.460. The number of halogens is 1. The summed E-state index contributed by atoms with van der Waals surface area (Å²) in [7, 11) is 0. The van der Waals surface area contributed by atoms with Crippen LogP contribution in [0.4, 0.5) is 4.39 Å². The summed E-state index contributed by atoms with van der Waals surface area (Å²) in [6.45, 7) is 7.43. The van der Waals surface area contributed by atoms with Gasteiger partial charge in [0.25, 0.3) is 0 Å². The summed E-state index contributed by atoms with van der Waals surface area (Å²) < 4.78 is 12.8. The van der Waals surface area contributed by atoms with Gasteiger partial charge in [0.05, 0.1) is 0 Å².